The van der Waals surface area contributed by atoms with E-state index in [4.69, 9.17) is 37.9 Å². The van der Waals surface area contributed by atoms with Crippen LogP contribution >= 0.6 is 0 Å². The van der Waals surface area contributed by atoms with E-state index in [1.54, 1.807) is 39.3 Å². The van der Waals surface area contributed by atoms with Crippen LogP contribution in [0.4, 0.5) is 0 Å². The van der Waals surface area contributed by atoms with Crippen LogP contribution in [-0.4, -0.2) is 85.1 Å². The maximum Gasteiger partial charge on any atom is 0.245 e. The summed E-state index contributed by atoms with van der Waals surface area (Å²) in [4.78, 5) is 13.7. The lowest BCUT2D eigenvalue weighted by Crippen LogP contribution is -2.38. The second kappa shape index (κ2) is 20.1. The summed E-state index contributed by atoms with van der Waals surface area (Å²) in [6, 6.07) is 51.5. The van der Waals surface area contributed by atoms with Crippen LogP contribution in [0.15, 0.2) is 170 Å². The van der Waals surface area contributed by atoms with Crippen LogP contribution < -0.4 is 23.7 Å². The van der Waals surface area contributed by atoms with Crippen molar-refractivity contribution < 1.29 is 43.0 Å². The molecule has 1 N–H and O–H groups in total. The Bertz CT molecular complexity index is 2730. The zero-order valence-corrected chi connectivity index (χ0v) is 37.7. The first kappa shape index (κ1) is 44.9. The molecule has 3 heterocycles. The van der Waals surface area contributed by atoms with Crippen molar-refractivity contribution in [2.45, 2.75) is 36.1 Å². The first-order chi connectivity index (χ1) is 32.9. The molecule has 1 saturated heterocycles. The highest BCUT2D eigenvalue weighted by atomic mass is 16.6. The minimum atomic E-state index is -1.09. The van der Waals surface area contributed by atoms with Crippen molar-refractivity contribution in [1.82, 2.24) is 19.5 Å². The van der Waals surface area contributed by atoms with E-state index in [1.807, 2.05) is 146 Å². The summed E-state index contributed by atoms with van der Waals surface area (Å²) in [6.45, 7) is 0.373. The molecule has 13 nitrogen and oxygen atoms in total. The van der Waals surface area contributed by atoms with Crippen LogP contribution in [-0.2, 0) is 25.4 Å². The molecule has 8 aromatic rings. The van der Waals surface area contributed by atoms with Gasteiger partial charge in [-0.1, -0.05) is 109 Å². The number of rotatable bonds is 19. The number of benzene rings is 6. The first-order valence-corrected chi connectivity index (χ1v) is 22.0. The molecule has 1 aliphatic heterocycles. The summed E-state index contributed by atoms with van der Waals surface area (Å²) in [6.07, 6.45) is 1.18. The van der Waals surface area contributed by atoms with Crippen LogP contribution in [0.25, 0.3) is 11.2 Å². The molecule has 6 aromatic carbocycles. The number of aliphatic hydroxyl groups excluding tert-OH is 1. The standard InChI is InChI=1S/C54H52N4O9/c1-60-43-23-15-39(16-24-43)53(37-11-7-5-8-12-37,40-17-25-44(61-2)26-18-40)65-32-31-64-52-50-51(55-35-56-52)58(36-57-50)49-33-47(59)48(67-49)34-66-54(38-13-9-6-10-14-38,41-19-27-45(62-3)28-20-41)42-21-29-46(63-4)30-22-42/h5-30,35-36,47-49,59H,31-34H2,1-4H3/t47?,48-,49-/m1/s1. The number of methoxy groups -OCH3 is 4. The molecular formula is C54H52N4O9. The van der Waals surface area contributed by atoms with Crippen LogP contribution in [0, 0.1) is 0 Å². The van der Waals surface area contributed by atoms with Gasteiger partial charge in [0.05, 0.1) is 54.1 Å². The molecule has 0 spiro atoms. The molecule has 67 heavy (non-hydrogen) atoms. The first-order valence-electron chi connectivity index (χ1n) is 22.0. The fraction of sp³-hybridized carbons (Fsp3) is 0.241. The van der Waals surface area contributed by atoms with Crippen LogP contribution in [0.5, 0.6) is 28.9 Å². The van der Waals surface area contributed by atoms with Gasteiger partial charge >= 0.3 is 0 Å². The highest BCUT2D eigenvalue weighted by Crippen LogP contribution is 2.44. The third-order valence-electron chi connectivity index (χ3n) is 12.3. The number of nitrogens with zero attached hydrogens (tertiary/aromatic N) is 4. The third kappa shape index (κ3) is 8.89. The van der Waals surface area contributed by atoms with Crippen LogP contribution in [0.1, 0.15) is 46.0 Å². The smallest absolute Gasteiger partial charge is 0.245 e. The molecule has 2 aromatic heterocycles. The van der Waals surface area contributed by atoms with E-state index >= 15 is 0 Å². The molecule has 0 saturated carbocycles. The van der Waals surface area contributed by atoms with Gasteiger partial charge < -0.3 is 43.0 Å². The zero-order valence-electron chi connectivity index (χ0n) is 37.7. The number of fused-ring (bicyclic) bond motifs is 1. The number of hydrogen-bond acceptors (Lipinski definition) is 12. The number of ether oxygens (including phenoxy) is 8. The summed E-state index contributed by atoms with van der Waals surface area (Å²) in [5, 5.41) is 11.6. The Morgan fingerprint density at radius 2 is 0.970 bits per heavy atom. The van der Waals surface area contributed by atoms with Crippen molar-refractivity contribution in [2.75, 3.05) is 48.3 Å². The predicted octanol–water partition coefficient (Wildman–Crippen LogP) is 8.91. The van der Waals surface area contributed by atoms with E-state index in [0.717, 1.165) is 56.4 Å². The van der Waals surface area contributed by atoms with E-state index in [0.29, 0.717) is 11.2 Å². The molecule has 9 rings (SSSR count). The zero-order chi connectivity index (χ0) is 46.2. The summed E-state index contributed by atoms with van der Waals surface area (Å²) in [5.74, 6) is 3.19. The lowest BCUT2D eigenvalue weighted by molar-refractivity contribution is -0.0931. The normalized spacial score (nSPS) is 16.2. The maximum absolute atomic E-state index is 11.6. The molecule has 0 radical (unpaired) electrons. The van der Waals surface area contributed by atoms with Crippen LogP contribution in [0.3, 0.4) is 0 Å². The molecule has 0 amide bonds. The Balaban J connectivity index is 0.948. The van der Waals surface area contributed by atoms with Gasteiger partial charge in [-0.3, -0.25) is 4.57 Å². The second-order valence-electron chi connectivity index (χ2n) is 16.0. The Labute approximate surface area is 389 Å². The van der Waals surface area contributed by atoms with Gasteiger partial charge in [0.2, 0.25) is 5.88 Å². The molecule has 1 unspecified atom stereocenters. The molecule has 1 fully saturated rings. The van der Waals surface area contributed by atoms with E-state index in [2.05, 4.69) is 27.1 Å². The Morgan fingerprint density at radius 3 is 1.42 bits per heavy atom. The minimum absolute atomic E-state index is 0.0537. The summed E-state index contributed by atoms with van der Waals surface area (Å²) in [5.41, 5.74) is 4.22. The maximum atomic E-state index is 11.6. The van der Waals surface area contributed by atoms with Gasteiger partial charge in [0.1, 0.15) is 59.5 Å². The highest BCUT2D eigenvalue weighted by molar-refractivity contribution is 5.76. The minimum Gasteiger partial charge on any atom is -0.497 e. The molecule has 0 bridgehead atoms. The van der Waals surface area contributed by atoms with E-state index in [9.17, 15) is 5.11 Å². The fourth-order valence-corrected chi connectivity index (χ4v) is 8.87. The van der Waals surface area contributed by atoms with Gasteiger partial charge in [-0.05, 0) is 81.9 Å². The van der Waals surface area contributed by atoms with Crippen molar-refractivity contribution in [1.29, 1.82) is 0 Å². The molecule has 0 aliphatic carbocycles. The van der Waals surface area contributed by atoms with Crippen molar-refractivity contribution in [3.05, 3.63) is 204 Å². The largest absolute Gasteiger partial charge is 0.497 e. The average Bonchev–Trinajstić information content (AvgIpc) is 4.01. The molecule has 13 heteroatoms. The van der Waals surface area contributed by atoms with Gasteiger partial charge in [-0.2, -0.15) is 4.98 Å². The lowest BCUT2D eigenvalue weighted by atomic mass is 9.80. The molecule has 342 valence electrons. The molecule has 3 atom stereocenters. The summed E-state index contributed by atoms with van der Waals surface area (Å²) < 4.78 is 50.8. The third-order valence-corrected chi connectivity index (χ3v) is 12.3. The topological polar surface area (TPSA) is 138 Å². The summed E-state index contributed by atoms with van der Waals surface area (Å²) >= 11 is 0. The van der Waals surface area contributed by atoms with E-state index < -0.39 is 29.6 Å². The second-order valence-corrected chi connectivity index (χ2v) is 16.0. The van der Waals surface area contributed by atoms with E-state index in [-0.39, 0.29) is 32.1 Å². The van der Waals surface area contributed by atoms with Crippen LogP contribution in [0.2, 0.25) is 0 Å². The van der Waals surface area contributed by atoms with Gasteiger partial charge in [0.25, 0.3) is 0 Å². The number of aromatic nitrogens is 4. The lowest BCUT2D eigenvalue weighted by Gasteiger charge is -2.37. The Hall–Kier alpha value is -7.29. The number of imidazole rings is 1. The van der Waals surface area contributed by atoms with Gasteiger partial charge in [0, 0.05) is 6.42 Å². The number of aliphatic hydroxyl groups is 1. The van der Waals surface area contributed by atoms with Gasteiger partial charge in [-0.25, -0.2) is 9.97 Å². The average molecular weight is 901 g/mol. The van der Waals surface area contributed by atoms with Gasteiger partial charge in [0.15, 0.2) is 11.2 Å². The van der Waals surface area contributed by atoms with Gasteiger partial charge in [-0.15, -0.1) is 0 Å². The van der Waals surface area contributed by atoms with E-state index in [1.165, 1.54) is 6.33 Å². The molecular weight excluding hydrogens is 849 g/mol. The molecule has 1 aliphatic rings. The predicted molar refractivity (Wildman–Crippen MR) is 252 cm³/mol. The highest BCUT2D eigenvalue weighted by Gasteiger charge is 2.43. The summed E-state index contributed by atoms with van der Waals surface area (Å²) in [7, 11) is 6.57. The van der Waals surface area contributed by atoms with Crippen molar-refractivity contribution in [3.63, 3.8) is 0 Å². The Morgan fingerprint density at radius 1 is 0.537 bits per heavy atom. The van der Waals surface area contributed by atoms with Crippen molar-refractivity contribution >= 4 is 11.2 Å². The SMILES string of the molecule is COc1ccc(C(OCCOc2ncnc3c2ncn3[C@H]2CC(O)[C@@H](COC(c3ccccc3)(c3ccc(OC)cc3)c3ccc(OC)cc3)O2)(c2ccccc2)c2ccc(OC)cc2)cc1. The Kier molecular flexibility index (Phi) is 13.4. The number of hydrogen-bond donors (Lipinski definition) is 1. The van der Waals surface area contributed by atoms with Crippen molar-refractivity contribution in [3.8, 4) is 28.9 Å². The monoisotopic (exact) mass is 900 g/mol. The quantitative estimate of drug-likeness (QED) is 0.0613. The fourth-order valence-electron chi connectivity index (χ4n) is 8.87. The van der Waals surface area contributed by atoms with Crippen molar-refractivity contribution in [2.24, 2.45) is 0 Å².